The van der Waals surface area contributed by atoms with Crippen molar-refractivity contribution < 1.29 is 14.3 Å². The molecule has 0 rings (SSSR count). The number of hydrogen-bond acceptors (Lipinski definition) is 5. The summed E-state index contributed by atoms with van der Waals surface area (Å²) in [5.74, 6) is -0.302. The number of amides is 1. The van der Waals surface area contributed by atoms with Crippen molar-refractivity contribution in [3.8, 4) is 0 Å². The molecule has 0 saturated carbocycles. The first kappa shape index (κ1) is 21.6. The lowest BCUT2D eigenvalue weighted by Crippen LogP contribution is -2.35. The van der Waals surface area contributed by atoms with Crippen molar-refractivity contribution in [2.24, 2.45) is 0 Å². The van der Waals surface area contributed by atoms with E-state index in [1.165, 1.54) is 0 Å². The third-order valence-electron chi connectivity index (χ3n) is 3.37. The van der Waals surface area contributed by atoms with Crippen molar-refractivity contribution in [2.45, 2.75) is 25.7 Å². The highest BCUT2D eigenvalue weighted by molar-refractivity contribution is 5.81. The van der Waals surface area contributed by atoms with Gasteiger partial charge < -0.3 is 19.4 Å². The second-order valence-corrected chi connectivity index (χ2v) is 6.17. The fourth-order valence-corrected chi connectivity index (χ4v) is 2.13. The van der Waals surface area contributed by atoms with Gasteiger partial charge in [-0.15, -0.1) is 0 Å². The van der Waals surface area contributed by atoms with Gasteiger partial charge in [-0.05, 0) is 60.5 Å². The number of carbonyl (C=O) groups excluding carboxylic acids is 2. The number of esters is 1. The maximum Gasteiger partial charge on any atom is 0.330 e. The van der Waals surface area contributed by atoms with Crippen LogP contribution in [0.2, 0.25) is 0 Å². The normalized spacial score (nSPS) is 10.9. The van der Waals surface area contributed by atoms with E-state index in [0.717, 1.165) is 45.1 Å². The van der Waals surface area contributed by atoms with Gasteiger partial charge in [-0.1, -0.05) is 6.58 Å². The monoisotopic (exact) mass is 327 g/mol. The zero-order chi connectivity index (χ0) is 17.7. The van der Waals surface area contributed by atoms with Crippen molar-refractivity contribution in [3.63, 3.8) is 0 Å². The van der Waals surface area contributed by atoms with Gasteiger partial charge in [0.25, 0.3) is 0 Å². The Balaban J connectivity index is 4.19. The highest BCUT2D eigenvalue weighted by Crippen LogP contribution is 2.03. The lowest BCUT2D eigenvalue weighted by Gasteiger charge is -2.24. The predicted octanol–water partition coefficient (Wildman–Crippen LogP) is 1.23. The van der Waals surface area contributed by atoms with Crippen LogP contribution in [0.4, 0.5) is 0 Å². The van der Waals surface area contributed by atoms with Crippen LogP contribution < -0.4 is 0 Å². The number of nitrogens with zero attached hydrogens (tertiary/aromatic N) is 3. The molecule has 0 fully saturated rings. The molecule has 23 heavy (non-hydrogen) atoms. The van der Waals surface area contributed by atoms with Crippen molar-refractivity contribution in [1.82, 2.24) is 14.7 Å². The molecule has 0 saturated heterocycles. The second-order valence-electron chi connectivity index (χ2n) is 6.17. The number of hydrogen-bond donors (Lipinski definition) is 0. The van der Waals surface area contributed by atoms with E-state index in [2.05, 4.69) is 16.4 Å². The lowest BCUT2D eigenvalue weighted by molar-refractivity contribution is -0.139. The first-order chi connectivity index (χ1) is 10.9. The van der Waals surface area contributed by atoms with Crippen molar-refractivity contribution in [3.05, 3.63) is 12.7 Å². The molecule has 0 spiro atoms. The fourth-order valence-electron chi connectivity index (χ4n) is 2.13. The molecule has 0 aliphatic carbocycles. The topological polar surface area (TPSA) is 53.1 Å². The summed E-state index contributed by atoms with van der Waals surface area (Å²) < 4.78 is 4.91. The van der Waals surface area contributed by atoms with Gasteiger partial charge in [0.15, 0.2) is 0 Å². The van der Waals surface area contributed by atoms with Crippen LogP contribution in [0, 0.1) is 0 Å². The fraction of sp³-hybridized carbons (Fsp3) is 0.765. The molecule has 0 atom stereocenters. The Kier molecular flexibility index (Phi) is 12.3. The summed E-state index contributed by atoms with van der Waals surface area (Å²) in [6, 6.07) is 0. The van der Waals surface area contributed by atoms with Gasteiger partial charge in [-0.25, -0.2) is 4.79 Å². The van der Waals surface area contributed by atoms with Crippen molar-refractivity contribution in [1.29, 1.82) is 0 Å². The van der Waals surface area contributed by atoms with E-state index in [1.54, 1.807) is 0 Å². The first-order valence-corrected chi connectivity index (χ1v) is 8.23. The third-order valence-corrected chi connectivity index (χ3v) is 3.37. The standard InChI is InChI=1S/C17H33N3O3/c1-6-17(22)23-15-7-10-16(21)20(13-8-11-18(2)3)14-9-12-19(4)5/h6H,1,7-15H2,2-5H3. The molecule has 0 N–H and O–H groups in total. The third kappa shape index (κ3) is 12.8. The molecule has 0 radical (unpaired) electrons. The van der Waals surface area contributed by atoms with Crippen LogP contribution in [0.25, 0.3) is 0 Å². The molecule has 0 heterocycles. The van der Waals surface area contributed by atoms with Crippen LogP contribution in [0.3, 0.4) is 0 Å². The summed E-state index contributed by atoms with van der Waals surface area (Å²) in [5, 5.41) is 0. The summed E-state index contributed by atoms with van der Waals surface area (Å²) in [5.41, 5.74) is 0. The highest BCUT2D eigenvalue weighted by Gasteiger charge is 2.13. The predicted molar refractivity (Wildman–Crippen MR) is 93.3 cm³/mol. The zero-order valence-corrected chi connectivity index (χ0v) is 15.2. The van der Waals surface area contributed by atoms with Gasteiger partial charge in [0.1, 0.15) is 0 Å². The van der Waals surface area contributed by atoms with E-state index in [9.17, 15) is 9.59 Å². The SMILES string of the molecule is C=CC(=O)OCCCC(=O)N(CCCN(C)C)CCCN(C)C. The summed E-state index contributed by atoms with van der Waals surface area (Å²) in [4.78, 5) is 29.5. The summed E-state index contributed by atoms with van der Waals surface area (Å²) in [6.45, 7) is 7.09. The molecule has 0 aromatic heterocycles. The lowest BCUT2D eigenvalue weighted by atomic mass is 10.2. The van der Waals surface area contributed by atoms with E-state index in [4.69, 9.17) is 4.74 Å². The quantitative estimate of drug-likeness (QED) is 0.289. The molecule has 6 nitrogen and oxygen atoms in total. The van der Waals surface area contributed by atoms with Gasteiger partial charge in [0.05, 0.1) is 6.61 Å². The smallest absolute Gasteiger partial charge is 0.330 e. The zero-order valence-electron chi connectivity index (χ0n) is 15.2. The Morgan fingerprint density at radius 3 is 1.87 bits per heavy atom. The average molecular weight is 327 g/mol. The van der Waals surface area contributed by atoms with Crippen molar-refractivity contribution >= 4 is 11.9 Å². The Morgan fingerprint density at radius 1 is 0.913 bits per heavy atom. The van der Waals surface area contributed by atoms with E-state index >= 15 is 0 Å². The Bertz CT molecular complexity index is 343. The summed E-state index contributed by atoms with van der Waals surface area (Å²) in [7, 11) is 8.14. The molecule has 0 bridgehead atoms. The number of ether oxygens (including phenoxy) is 1. The molecule has 0 unspecified atom stereocenters. The Hall–Kier alpha value is -1.40. The second kappa shape index (κ2) is 13.1. The van der Waals surface area contributed by atoms with E-state index in [0.29, 0.717) is 12.8 Å². The number of rotatable bonds is 13. The van der Waals surface area contributed by atoms with Gasteiger partial charge in [0.2, 0.25) is 5.91 Å². The molecule has 6 heteroatoms. The van der Waals surface area contributed by atoms with Crippen LogP contribution in [0.15, 0.2) is 12.7 Å². The van der Waals surface area contributed by atoms with Crippen LogP contribution >= 0.6 is 0 Å². The largest absolute Gasteiger partial charge is 0.463 e. The van der Waals surface area contributed by atoms with Crippen LogP contribution in [-0.2, 0) is 14.3 Å². The molecule has 134 valence electrons. The summed E-state index contributed by atoms with van der Waals surface area (Å²) in [6.07, 6.45) is 4.03. The van der Waals surface area contributed by atoms with E-state index in [1.807, 2.05) is 33.1 Å². The molecular formula is C17H33N3O3. The number of carbonyl (C=O) groups is 2. The van der Waals surface area contributed by atoms with E-state index < -0.39 is 5.97 Å². The Morgan fingerprint density at radius 2 is 1.43 bits per heavy atom. The molecule has 0 aromatic rings. The minimum absolute atomic E-state index is 0.136. The molecular weight excluding hydrogens is 294 g/mol. The minimum atomic E-state index is -0.439. The average Bonchev–Trinajstić information content (AvgIpc) is 2.48. The van der Waals surface area contributed by atoms with Gasteiger partial charge in [0, 0.05) is 25.6 Å². The van der Waals surface area contributed by atoms with E-state index in [-0.39, 0.29) is 12.5 Å². The van der Waals surface area contributed by atoms with Crippen molar-refractivity contribution in [2.75, 3.05) is 61.0 Å². The maximum absolute atomic E-state index is 12.3. The minimum Gasteiger partial charge on any atom is -0.463 e. The van der Waals surface area contributed by atoms with Gasteiger partial charge >= 0.3 is 5.97 Å². The molecule has 1 amide bonds. The molecule has 0 aliphatic rings. The summed E-state index contributed by atoms with van der Waals surface area (Å²) >= 11 is 0. The molecule has 0 aliphatic heterocycles. The van der Waals surface area contributed by atoms with Gasteiger partial charge in [-0.2, -0.15) is 0 Å². The Labute approximate surface area is 141 Å². The van der Waals surface area contributed by atoms with Crippen LogP contribution in [0.1, 0.15) is 25.7 Å². The highest BCUT2D eigenvalue weighted by atomic mass is 16.5. The molecule has 0 aromatic carbocycles. The van der Waals surface area contributed by atoms with Crippen LogP contribution in [-0.4, -0.2) is 87.6 Å². The maximum atomic E-state index is 12.3. The van der Waals surface area contributed by atoms with Gasteiger partial charge in [-0.3, -0.25) is 4.79 Å². The first-order valence-electron chi connectivity index (χ1n) is 8.23. The van der Waals surface area contributed by atoms with Crippen LogP contribution in [0.5, 0.6) is 0 Å².